The second kappa shape index (κ2) is 8.80. The van der Waals surface area contributed by atoms with Crippen LogP contribution in [0.3, 0.4) is 0 Å². The number of fused-ring (bicyclic) bond motifs is 2. The van der Waals surface area contributed by atoms with Gasteiger partial charge in [-0.1, -0.05) is 48.5 Å². The van der Waals surface area contributed by atoms with E-state index in [1.54, 1.807) is 13.4 Å². The Bertz CT molecular complexity index is 1460. The molecule has 170 valence electrons. The van der Waals surface area contributed by atoms with Crippen molar-refractivity contribution in [2.24, 2.45) is 0 Å². The zero-order valence-electron chi connectivity index (χ0n) is 19.0. The number of nitrogens with zero attached hydrogens (tertiary/aromatic N) is 2. The summed E-state index contributed by atoms with van der Waals surface area (Å²) in [6.45, 7) is 1.53. The smallest absolute Gasteiger partial charge is 0.232 e. The van der Waals surface area contributed by atoms with Crippen LogP contribution in [0, 0.1) is 0 Å². The number of furan rings is 1. The molecule has 3 aromatic carbocycles. The van der Waals surface area contributed by atoms with Crippen molar-refractivity contribution in [3.63, 3.8) is 0 Å². The molecule has 0 bridgehead atoms. The number of ether oxygens (including phenoxy) is 2. The van der Waals surface area contributed by atoms with Crippen molar-refractivity contribution in [1.29, 1.82) is 0 Å². The van der Waals surface area contributed by atoms with Crippen molar-refractivity contribution >= 4 is 27.7 Å². The predicted molar refractivity (Wildman–Crippen MR) is 134 cm³/mol. The number of hydrogen-bond donors (Lipinski definition) is 1. The summed E-state index contributed by atoms with van der Waals surface area (Å²) < 4.78 is 17.6. The van der Waals surface area contributed by atoms with Gasteiger partial charge in [0.1, 0.15) is 23.7 Å². The maximum atomic E-state index is 6.40. The van der Waals surface area contributed by atoms with Crippen LogP contribution in [0.15, 0.2) is 77.5 Å². The molecule has 34 heavy (non-hydrogen) atoms. The molecule has 3 heterocycles. The number of nitrogens with one attached hydrogen (secondary N) is 1. The fourth-order valence-electron chi connectivity index (χ4n) is 4.66. The van der Waals surface area contributed by atoms with Gasteiger partial charge in [-0.25, -0.2) is 9.97 Å². The molecule has 0 spiro atoms. The summed E-state index contributed by atoms with van der Waals surface area (Å²) >= 11 is 0. The van der Waals surface area contributed by atoms with Crippen LogP contribution >= 0.6 is 0 Å². The molecule has 1 unspecified atom stereocenters. The third kappa shape index (κ3) is 3.76. The third-order valence-corrected chi connectivity index (χ3v) is 6.38. The molecule has 1 aliphatic heterocycles. The summed E-state index contributed by atoms with van der Waals surface area (Å²) in [6.07, 6.45) is 3.92. The van der Waals surface area contributed by atoms with Gasteiger partial charge in [-0.3, -0.25) is 0 Å². The molecule has 2 aromatic heterocycles. The van der Waals surface area contributed by atoms with Crippen LogP contribution in [-0.2, 0) is 4.74 Å². The van der Waals surface area contributed by atoms with E-state index in [-0.39, 0.29) is 6.10 Å². The SMILES string of the molecule is COc1ccc2cc(-c3oc4ncnc(NCC5CCCO5)c4c3-c3ccccc3)ccc2c1. The van der Waals surface area contributed by atoms with Crippen molar-refractivity contribution < 1.29 is 13.9 Å². The highest BCUT2D eigenvalue weighted by atomic mass is 16.5. The lowest BCUT2D eigenvalue weighted by molar-refractivity contribution is 0.120. The van der Waals surface area contributed by atoms with Gasteiger partial charge >= 0.3 is 0 Å². The predicted octanol–water partition coefficient (Wildman–Crippen LogP) is 6.31. The van der Waals surface area contributed by atoms with E-state index >= 15 is 0 Å². The van der Waals surface area contributed by atoms with Crippen LogP contribution in [0.2, 0.25) is 0 Å². The van der Waals surface area contributed by atoms with E-state index in [1.807, 2.05) is 30.3 Å². The molecule has 0 saturated carbocycles. The monoisotopic (exact) mass is 451 g/mol. The molecule has 6 rings (SSSR count). The minimum atomic E-state index is 0.203. The molecule has 5 aromatic rings. The minimum absolute atomic E-state index is 0.203. The molecule has 1 N–H and O–H groups in total. The Labute approximate surface area is 197 Å². The van der Waals surface area contributed by atoms with Crippen LogP contribution in [-0.4, -0.2) is 36.3 Å². The Balaban J connectivity index is 1.51. The van der Waals surface area contributed by atoms with Gasteiger partial charge in [0, 0.05) is 24.3 Å². The number of rotatable bonds is 6. The molecular formula is C28H25N3O3. The normalized spacial score (nSPS) is 15.7. The highest BCUT2D eigenvalue weighted by Gasteiger charge is 2.23. The van der Waals surface area contributed by atoms with Crippen molar-refractivity contribution in [2.45, 2.75) is 18.9 Å². The van der Waals surface area contributed by atoms with E-state index < -0.39 is 0 Å². The van der Waals surface area contributed by atoms with Gasteiger partial charge in [0.2, 0.25) is 5.71 Å². The molecule has 1 saturated heterocycles. The summed E-state index contributed by atoms with van der Waals surface area (Å²) in [5.74, 6) is 2.38. The summed E-state index contributed by atoms with van der Waals surface area (Å²) in [6, 6.07) is 22.7. The summed E-state index contributed by atoms with van der Waals surface area (Å²) in [5, 5.41) is 6.60. The number of hydrogen-bond acceptors (Lipinski definition) is 6. The van der Waals surface area contributed by atoms with Gasteiger partial charge in [0.25, 0.3) is 0 Å². The lowest BCUT2D eigenvalue weighted by Crippen LogP contribution is -2.19. The molecule has 0 amide bonds. The summed E-state index contributed by atoms with van der Waals surface area (Å²) in [4.78, 5) is 9.05. The van der Waals surface area contributed by atoms with Crippen molar-refractivity contribution in [3.05, 3.63) is 73.1 Å². The first kappa shape index (κ1) is 20.7. The second-order valence-electron chi connectivity index (χ2n) is 8.52. The third-order valence-electron chi connectivity index (χ3n) is 6.38. The first-order chi connectivity index (χ1) is 16.8. The highest BCUT2D eigenvalue weighted by molar-refractivity contribution is 6.06. The number of methoxy groups -OCH3 is 1. The van der Waals surface area contributed by atoms with E-state index in [9.17, 15) is 0 Å². The van der Waals surface area contributed by atoms with Gasteiger partial charge in [-0.15, -0.1) is 0 Å². The standard InChI is InChI=1S/C28H25N3O3/c1-32-22-12-11-19-14-21(10-9-20(19)15-22)26-24(18-6-3-2-4-7-18)25-27(30-17-31-28(25)34-26)29-16-23-8-5-13-33-23/h2-4,6-7,9-12,14-15,17,23H,5,8,13,16H2,1H3,(H,29,30,31). The van der Waals surface area contributed by atoms with Gasteiger partial charge in [-0.2, -0.15) is 0 Å². The van der Waals surface area contributed by atoms with Crippen LogP contribution in [0.5, 0.6) is 5.75 Å². The van der Waals surface area contributed by atoms with Gasteiger partial charge in [-0.05, 0) is 47.4 Å². The minimum Gasteiger partial charge on any atom is -0.497 e. The quantitative estimate of drug-likeness (QED) is 0.326. The Kier molecular flexibility index (Phi) is 5.35. The van der Waals surface area contributed by atoms with Gasteiger partial charge in [0.05, 0.1) is 18.6 Å². The highest BCUT2D eigenvalue weighted by Crippen LogP contribution is 2.43. The van der Waals surface area contributed by atoms with E-state index in [1.165, 1.54) is 0 Å². The van der Waals surface area contributed by atoms with Crippen molar-refractivity contribution in [3.8, 4) is 28.2 Å². The Morgan fingerprint density at radius 3 is 2.65 bits per heavy atom. The average molecular weight is 452 g/mol. The molecule has 6 heteroatoms. The zero-order chi connectivity index (χ0) is 22.9. The molecule has 0 radical (unpaired) electrons. The van der Waals surface area contributed by atoms with E-state index in [2.05, 4.69) is 51.7 Å². The Morgan fingerprint density at radius 2 is 1.82 bits per heavy atom. The molecule has 0 aliphatic carbocycles. The second-order valence-corrected chi connectivity index (χ2v) is 8.52. The van der Waals surface area contributed by atoms with Crippen LogP contribution in [0.4, 0.5) is 5.82 Å². The summed E-state index contributed by atoms with van der Waals surface area (Å²) in [7, 11) is 1.68. The first-order valence-electron chi connectivity index (χ1n) is 11.6. The van der Waals surface area contributed by atoms with E-state index in [4.69, 9.17) is 13.9 Å². The average Bonchev–Trinajstić information content (AvgIpc) is 3.55. The molecular weight excluding hydrogens is 426 g/mol. The van der Waals surface area contributed by atoms with Crippen molar-refractivity contribution in [2.75, 3.05) is 25.6 Å². The van der Waals surface area contributed by atoms with Crippen LogP contribution in [0.1, 0.15) is 12.8 Å². The zero-order valence-corrected chi connectivity index (χ0v) is 19.0. The van der Waals surface area contributed by atoms with Gasteiger partial charge < -0.3 is 19.2 Å². The molecule has 1 aliphatic rings. The first-order valence-corrected chi connectivity index (χ1v) is 11.6. The number of anilines is 1. The molecule has 1 atom stereocenters. The Morgan fingerprint density at radius 1 is 0.971 bits per heavy atom. The van der Waals surface area contributed by atoms with E-state index in [0.29, 0.717) is 12.3 Å². The van der Waals surface area contributed by atoms with Crippen molar-refractivity contribution in [1.82, 2.24) is 9.97 Å². The van der Waals surface area contributed by atoms with Crippen LogP contribution < -0.4 is 10.1 Å². The number of aromatic nitrogens is 2. The maximum absolute atomic E-state index is 6.40. The lowest BCUT2D eigenvalue weighted by Gasteiger charge is -2.12. The largest absolute Gasteiger partial charge is 0.497 e. The topological polar surface area (TPSA) is 69.4 Å². The van der Waals surface area contributed by atoms with Gasteiger partial charge in [0.15, 0.2) is 0 Å². The fraction of sp³-hybridized carbons (Fsp3) is 0.214. The lowest BCUT2D eigenvalue weighted by atomic mass is 9.97. The molecule has 1 fully saturated rings. The van der Waals surface area contributed by atoms with E-state index in [0.717, 1.165) is 69.6 Å². The fourth-order valence-corrected chi connectivity index (χ4v) is 4.66. The maximum Gasteiger partial charge on any atom is 0.232 e. The summed E-state index contributed by atoms with van der Waals surface area (Å²) in [5.41, 5.74) is 3.59. The Hall–Kier alpha value is -3.90. The molecule has 6 nitrogen and oxygen atoms in total. The van der Waals surface area contributed by atoms with Crippen LogP contribution in [0.25, 0.3) is 44.3 Å². The number of benzene rings is 3.